The highest BCUT2D eigenvalue weighted by molar-refractivity contribution is 5.31. The van der Waals surface area contributed by atoms with Crippen LogP contribution < -0.4 is 5.73 Å². The minimum Gasteiger partial charge on any atom is -0.330 e. The van der Waals surface area contributed by atoms with Gasteiger partial charge in [0, 0.05) is 0 Å². The molecule has 0 aromatic heterocycles. The maximum atomic E-state index is 14.3. The topological polar surface area (TPSA) is 26.0 Å². The van der Waals surface area contributed by atoms with Crippen LogP contribution in [0, 0.1) is 23.1 Å². The number of hydrogen-bond acceptors (Lipinski definition) is 1. The largest absolute Gasteiger partial charge is 0.330 e. The van der Waals surface area contributed by atoms with E-state index in [9.17, 15) is 4.39 Å². The van der Waals surface area contributed by atoms with Crippen LogP contribution in [0.25, 0.3) is 0 Å². The molecule has 19 heavy (non-hydrogen) atoms. The van der Waals surface area contributed by atoms with Crippen LogP contribution >= 0.6 is 0 Å². The van der Waals surface area contributed by atoms with Gasteiger partial charge in [0.05, 0.1) is 0 Å². The van der Waals surface area contributed by atoms with Crippen LogP contribution in [0.15, 0.2) is 24.3 Å². The van der Waals surface area contributed by atoms with Crippen LogP contribution in [0.4, 0.5) is 4.39 Å². The molecule has 0 aliphatic heterocycles. The van der Waals surface area contributed by atoms with Crippen molar-refractivity contribution in [2.45, 2.75) is 43.9 Å². The third kappa shape index (κ3) is 1.62. The molecule has 1 nitrogen and oxygen atoms in total. The van der Waals surface area contributed by atoms with Crippen molar-refractivity contribution < 1.29 is 4.39 Å². The number of halogens is 1. The van der Waals surface area contributed by atoms with Gasteiger partial charge in [-0.05, 0) is 79.4 Å². The van der Waals surface area contributed by atoms with E-state index in [1.54, 1.807) is 12.1 Å². The average Bonchev–Trinajstić information content (AvgIpc) is 2.37. The van der Waals surface area contributed by atoms with E-state index >= 15 is 0 Å². The molecular weight excluding hydrogens is 237 g/mol. The summed E-state index contributed by atoms with van der Waals surface area (Å²) in [4.78, 5) is 0. The van der Waals surface area contributed by atoms with Gasteiger partial charge in [-0.15, -0.1) is 0 Å². The number of nitrogens with two attached hydrogens (primary N) is 1. The number of hydrogen-bond donors (Lipinski definition) is 1. The molecule has 0 heterocycles. The summed E-state index contributed by atoms with van der Waals surface area (Å²) in [5.74, 6) is 1.56. The predicted molar refractivity (Wildman–Crippen MR) is 74.2 cm³/mol. The zero-order valence-electron chi connectivity index (χ0n) is 11.4. The predicted octanol–water partition coefficient (Wildman–Crippen LogP) is 3.62. The van der Waals surface area contributed by atoms with Gasteiger partial charge in [0.1, 0.15) is 5.82 Å². The van der Waals surface area contributed by atoms with Gasteiger partial charge in [-0.25, -0.2) is 4.39 Å². The SMILES string of the molecule is NCC12CC3CC(C1)CC(c1ccccc1F)(C3)C2. The average molecular weight is 259 g/mol. The van der Waals surface area contributed by atoms with Crippen LogP contribution in [0.5, 0.6) is 0 Å². The molecule has 0 saturated heterocycles. The smallest absolute Gasteiger partial charge is 0.126 e. The van der Waals surface area contributed by atoms with E-state index in [4.69, 9.17) is 5.73 Å². The molecule has 4 fully saturated rings. The summed E-state index contributed by atoms with van der Waals surface area (Å²) >= 11 is 0. The molecule has 4 saturated carbocycles. The first-order valence-corrected chi connectivity index (χ1v) is 7.60. The minimum atomic E-state index is -0.00313. The van der Waals surface area contributed by atoms with Crippen molar-refractivity contribution in [2.24, 2.45) is 23.0 Å². The van der Waals surface area contributed by atoms with Crippen molar-refractivity contribution in [1.82, 2.24) is 0 Å². The van der Waals surface area contributed by atoms with Crippen molar-refractivity contribution in [3.63, 3.8) is 0 Å². The Bertz CT molecular complexity index is 496. The quantitative estimate of drug-likeness (QED) is 0.862. The van der Waals surface area contributed by atoms with Gasteiger partial charge < -0.3 is 5.73 Å². The summed E-state index contributed by atoms with van der Waals surface area (Å²) in [5, 5.41) is 0. The zero-order chi connectivity index (χ0) is 13.1. The molecule has 0 spiro atoms. The van der Waals surface area contributed by atoms with Gasteiger partial charge in [-0.1, -0.05) is 18.2 Å². The summed E-state index contributed by atoms with van der Waals surface area (Å²) in [5.41, 5.74) is 7.49. The molecule has 1 aromatic carbocycles. The molecule has 2 atom stereocenters. The highest BCUT2D eigenvalue weighted by Gasteiger charge is 2.58. The highest BCUT2D eigenvalue weighted by Crippen LogP contribution is 2.65. The van der Waals surface area contributed by atoms with Crippen LogP contribution in [-0.2, 0) is 5.41 Å². The first-order valence-electron chi connectivity index (χ1n) is 7.60. The Hall–Kier alpha value is -0.890. The molecule has 4 aliphatic rings. The van der Waals surface area contributed by atoms with Crippen molar-refractivity contribution in [3.8, 4) is 0 Å². The Labute approximate surface area is 114 Å². The highest BCUT2D eigenvalue weighted by atomic mass is 19.1. The third-order valence-electron chi connectivity index (χ3n) is 6.06. The van der Waals surface area contributed by atoms with Crippen molar-refractivity contribution in [2.75, 3.05) is 6.54 Å². The number of benzene rings is 1. The van der Waals surface area contributed by atoms with E-state index < -0.39 is 0 Å². The molecule has 2 N–H and O–H groups in total. The summed E-state index contributed by atoms with van der Waals surface area (Å²) in [6.07, 6.45) is 7.42. The maximum absolute atomic E-state index is 14.3. The van der Waals surface area contributed by atoms with E-state index in [0.29, 0.717) is 5.41 Å². The third-order valence-corrected chi connectivity index (χ3v) is 6.06. The molecule has 4 bridgehead atoms. The second kappa shape index (κ2) is 3.82. The maximum Gasteiger partial charge on any atom is 0.126 e. The molecule has 0 radical (unpaired) electrons. The normalized spacial score (nSPS) is 43.7. The molecule has 5 rings (SSSR count). The van der Waals surface area contributed by atoms with Crippen LogP contribution in [-0.4, -0.2) is 6.54 Å². The number of rotatable bonds is 2. The molecule has 0 amide bonds. The summed E-state index contributed by atoms with van der Waals surface area (Å²) in [6.45, 7) is 0.788. The monoisotopic (exact) mass is 259 g/mol. The lowest BCUT2D eigenvalue weighted by atomic mass is 9.43. The fourth-order valence-electron chi connectivity index (χ4n) is 5.90. The summed E-state index contributed by atoms with van der Waals surface area (Å²) in [6, 6.07) is 7.44. The summed E-state index contributed by atoms with van der Waals surface area (Å²) < 4.78 is 14.3. The van der Waals surface area contributed by atoms with E-state index in [1.807, 2.05) is 12.1 Å². The van der Waals surface area contributed by atoms with Crippen molar-refractivity contribution >= 4 is 0 Å². The van der Waals surface area contributed by atoms with Gasteiger partial charge in [0.25, 0.3) is 0 Å². The van der Waals surface area contributed by atoms with E-state index in [0.717, 1.165) is 30.4 Å². The van der Waals surface area contributed by atoms with Crippen LogP contribution in [0.1, 0.15) is 44.1 Å². The van der Waals surface area contributed by atoms with Crippen LogP contribution in [0.3, 0.4) is 0 Å². The first kappa shape index (κ1) is 11.9. The minimum absolute atomic E-state index is 0.00313. The Kier molecular flexibility index (Phi) is 2.39. The van der Waals surface area contributed by atoms with E-state index in [-0.39, 0.29) is 11.2 Å². The fraction of sp³-hybridized carbons (Fsp3) is 0.647. The molecular formula is C17H22FN. The second-order valence-corrected chi connectivity index (χ2v) is 7.43. The lowest BCUT2D eigenvalue weighted by Gasteiger charge is -2.62. The van der Waals surface area contributed by atoms with Crippen molar-refractivity contribution in [1.29, 1.82) is 0 Å². The molecule has 1 aromatic rings. The van der Waals surface area contributed by atoms with Gasteiger partial charge >= 0.3 is 0 Å². The molecule has 2 unspecified atom stereocenters. The Morgan fingerprint density at radius 2 is 1.79 bits per heavy atom. The second-order valence-electron chi connectivity index (χ2n) is 7.43. The van der Waals surface area contributed by atoms with E-state index in [1.165, 1.54) is 32.1 Å². The van der Waals surface area contributed by atoms with E-state index in [2.05, 4.69) is 0 Å². The summed E-state index contributed by atoms with van der Waals surface area (Å²) in [7, 11) is 0. The first-order chi connectivity index (χ1) is 9.15. The van der Waals surface area contributed by atoms with Gasteiger partial charge in [0.15, 0.2) is 0 Å². The lowest BCUT2D eigenvalue weighted by Crippen LogP contribution is -2.56. The van der Waals surface area contributed by atoms with Crippen molar-refractivity contribution in [3.05, 3.63) is 35.6 Å². The molecule has 102 valence electrons. The van der Waals surface area contributed by atoms with Gasteiger partial charge in [0.2, 0.25) is 0 Å². The zero-order valence-corrected chi connectivity index (χ0v) is 11.4. The molecule has 2 heteroatoms. The Morgan fingerprint density at radius 3 is 2.42 bits per heavy atom. The fourth-order valence-corrected chi connectivity index (χ4v) is 5.90. The standard InChI is InChI=1S/C17H22FN/c18-15-4-2-1-3-14(15)17-8-12-5-13(9-17)7-16(6-12,10-17)11-19/h1-4,12-13H,5-11,19H2. The van der Waals surface area contributed by atoms with Gasteiger partial charge in [-0.2, -0.15) is 0 Å². The molecule has 4 aliphatic carbocycles. The lowest BCUT2D eigenvalue weighted by molar-refractivity contribution is -0.0677. The van der Waals surface area contributed by atoms with Crippen LogP contribution in [0.2, 0.25) is 0 Å². The van der Waals surface area contributed by atoms with Gasteiger partial charge in [-0.3, -0.25) is 0 Å². The Balaban J connectivity index is 1.81. The Morgan fingerprint density at radius 1 is 1.11 bits per heavy atom.